The van der Waals surface area contributed by atoms with E-state index in [-0.39, 0.29) is 5.91 Å². The molecule has 1 amide bonds. The van der Waals surface area contributed by atoms with Crippen LogP contribution in [-0.2, 0) is 4.79 Å². The maximum atomic E-state index is 11.8. The first-order chi connectivity index (χ1) is 10.1. The molecule has 0 radical (unpaired) electrons. The van der Waals surface area contributed by atoms with E-state index in [0.29, 0.717) is 25.1 Å². The number of carbonyl (C=O) groups is 1. The van der Waals surface area contributed by atoms with Crippen LogP contribution in [0.5, 0.6) is 5.75 Å². The van der Waals surface area contributed by atoms with Gasteiger partial charge in [-0.15, -0.1) is 0 Å². The first-order valence-electron chi connectivity index (χ1n) is 6.67. The average Bonchev–Trinajstić information content (AvgIpc) is 2.44. The van der Waals surface area contributed by atoms with Gasteiger partial charge in [0.1, 0.15) is 5.75 Å². The summed E-state index contributed by atoms with van der Waals surface area (Å²) < 4.78 is 6.73. The van der Waals surface area contributed by atoms with Crippen LogP contribution in [0, 0.1) is 3.57 Å². The van der Waals surface area contributed by atoms with E-state index in [2.05, 4.69) is 27.9 Å². The first-order valence-corrected chi connectivity index (χ1v) is 7.75. The number of benzene rings is 2. The highest BCUT2D eigenvalue weighted by Gasteiger charge is 2.03. The lowest BCUT2D eigenvalue weighted by molar-refractivity contribution is -0.116. The molecule has 0 aliphatic rings. The summed E-state index contributed by atoms with van der Waals surface area (Å²) in [6.45, 7) is 0.518. The molecule has 0 bridgehead atoms. The summed E-state index contributed by atoms with van der Waals surface area (Å²) in [5.41, 5.74) is 7.02. The van der Waals surface area contributed by atoms with Crippen LogP contribution in [0.25, 0.3) is 0 Å². The van der Waals surface area contributed by atoms with Gasteiger partial charge in [0, 0.05) is 21.4 Å². The van der Waals surface area contributed by atoms with Crippen molar-refractivity contribution in [2.45, 2.75) is 12.8 Å². The third-order valence-electron chi connectivity index (χ3n) is 2.78. The molecule has 0 spiro atoms. The SMILES string of the molecule is Nc1cccc(NC(=O)CCCOc2cccc(I)c2)c1. The third-order valence-corrected chi connectivity index (χ3v) is 3.45. The van der Waals surface area contributed by atoms with E-state index in [0.717, 1.165) is 15.0 Å². The van der Waals surface area contributed by atoms with Crippen molar-refractivity contribution in [2.24, 2.45) is 0 Å². The highest BCUT2D eigenvalue weighted by molar-refractivity contribution is 14.1. The smallest absolute Gasteiger partial charge is 0.224 e. The molecular formula is C16H17IN2O2. The number of ether oxygens (including phenoxy) is 1. The van der Waals surface area contributed by atoms with Gasteiger partial charge in [-0.3, -0.25) is 4.79 Å². The van der Waals surface area contributed by atoms with Gasteiger partial charge in [-0.25, -0.2) is 0 Å². The highest BCUT2D eigenvalue weighted by Crippen LogP contribution is 2.15. The minimum absolute atomic E-state index is 0.0353. The molecule has 0 atom stereocenters. The van der Waals surface area contributed by atoms with Crippen LogP contribution in [0.1, 0.15) is 12.8 Å². The fourth-order valence-electron chi connectivity index (χ4n) is 1.82. The van der Waals surface area contributed by atoms with Crippen LogP contribution in [-0.4, -0.2) is 12.5 Å². The van der Waals surface area contributed by atoms with Gasteiger partial charge in [0.2, 0.25) is 5.91 Å². The Bertz CT molecular complexity index is 617. The quantitative estimate of drug-likeness (QED) is 0.445. The molecule has 0 aliphatic heterocycles. The molecule has 2 aromatic carbocycles. The van der Waals surface area contributed by atoms with Gasteiger partial charge < -0.3 is 15.8 Å². The Kier molecular flexibility index (Phi) is 5.86. The predicted molar refractivity (Wildman–Crippen MR) is 93.4 cm³/mol. The molecule has 3 N–H and O–H groups in total. The zero-order chi connectivity index (χ0) is 15.1. The van der Waals surface area contributed by atoms with E-state index in [1.807, 2.05) is 36.4 Å². The standard InChI is InChI=1S/C16H17IN2O2/c17-12-4-1-7-15(10-12)21-9-3-8-16(20)19-14-6-2-5-13(18)11-14/h1-2,4-7,10-11H,3,8-9,18H2,(H,19,20). The Balaban J connectivity index is 1.70. The van der Waals surface area contributed by atoms with Gasteiger partial charge in [-0.05, 0) is 65.4 Å². The van der Waals surface area contributed by atoms with Gasteiger partial charge in [-0.1, -0.05) is 12.1 Å². The van der Waals surface area contributed by atoms with Crippen LogP contribution in [0.4, 0.5) is 11.4 Å². The maximum Gasteiger partial charge on any atom is 0.224 e. The van der Waals surface area contributed by atoms with E-state index in [9.17, 15) is 4.79 Å². The predicted octanol–water partition coefficient (Wildman–Crippen LogP) is 3.67. The highest BCUT2D eigenvalue weighted by atomic mass is 127. The minimum Gasteiger partial charge on any atom is -0.494 e. The van der Waals surface area contributed by atoms with Gasteiger partial charge in [0.05, 0.1) is 6.61 Å². The Morgan fingerprint density at radius 3 is 2.76 bits per heavy atom. The maximum absolute atomic E-state index is 11.8. The lowest BCUT2D eigenvalue weighted by Crippen LogP contribution is -2.12. The Morgan fingerprint density at radius 2 is 2.00 bits per heavy atom. The molecule has 110 valence electrons. The second-order valence-corrected chi connectivity index (χ2v) is 5.83. The summed E-state index contributed by atoms with van der Waals surface area (Å²) in [5.74, 6) is 0.796. The summed E-state index contributed by atoms with van der Waals surface area (Å²) in [6.07, 6.45) is 1.08. The van der Waals surface area contributed by atoms with Gasteiger partial charge >= 0.3 is 0 Å². The molecule has 4 nitrogen and oxygen atoms in total. The summed E-state index contributed by atoms with van der Waals surface area (Å²) in [6, 6.07) is 15.0. The second kappa shape index (κ2) is 7.87. The van der Waals surface area contributed by atoms with E-state index < -0.39 is 0 Å². The summed E-state index contributed by atoms with van der Waals surface area (Å²) >= 11 is 2.24. The minimum atomic E-state index is -0.0353. The number of amides is 1. The summed E-state index contributed by atoms with van der Waals surface area (Å²) in [7, 11) is 0. The van der Waals surface area contributed by atoms with E-state index in [1.54, 1.807) is 12.1 Å². The third kappa shape index (κ3) is 5.63. The number of carbonyl (C=O) groups excluding carboxylic acids is 1. The van der Waals surface area contributed by atoms with Gasteiger partial charge in [-0.2, -0.15) is 0 Å². The lowest BCUT2D eigenvalue weighted by Gasteiger charge is -2.07. The zero-order valence-electron chi connectivity index (χ0n) is 11.5. The van der Waals surface area contributed by atoms with Crippen LogP contribution in [0.3, 0.4) is 0 Å². The van der Waals surface area contributed by atoms with Crippen LogP contribution >= 0.6 is 22.6 Å². The van der Waals surface area contributed by atoms with Crippen molar-refractivity contribution in [1.82, 2.24) is 0 Å². The van der Waals surface area contributed by atoms with Crippen molar-refractivity contribution >= 4 is 39.9 Å². The number of nitrogens with two attached hydrogens (primary N) is 1. The molecule has 2 rings (SSSR count). The van der Waals surface area contributed by atoms with E-state index >= 15 is 0 Å². The van der Waals surface area contributed by atoms with Crippen molar-refractivity contribution < 1.29 is 9.53 Å². The van der Waals surface area contributed by atoms with Crippen LogP contribution in [0.15, 0.2) is 48.5 Å². The lowest BCUT2D eigenvalue weighted by atomic mass is 10.2. The number of hydrogen-bond donors (Lipinski definition) is 2. The second-order valence-electron chi connectivity index (χ2n) is 4.58. The molecule has 0 aromatic heterocycles. The molecule has 5 heteroatoms. The Labute approximate surface area is 137 Å². The number of rotatable bonds is 6. The van der Waals surface area contributed by atoms with Gasteiger partial charge in [0.25, 0.3) is 0 Å². The summed E-state index contributed by atoms with van der Waals surface area (Å²) in [4.78, 5) is 11.8. The zero-order valence-corrected chi connectivity index (χ0v) is 13.7. The molecule has 0 fully saturated rings. The number of hydrogen-bond acceptors (Lipinski definition) is 3. The Hall–Kier alpha value is -1.76. The number of nitrogen functional groups attached to an aromatic ring is 1. The molecule has 0 aliphatic carbocycles. The van der Waals surface area contributed by atoms with E-state index in [1.165, 1.54) is 0 Å². The van der Waals surface area contributed by atoms with Crippen LogP contribution < -0.4 is 15.8 Å². The average molecular weight is 396 g/mol. The molecule has 0 heterocycles. The molecule has 0 saturated heterocycles. The van der Waals surface area contributed by atoms with Crippen molar-refractivity contribution in [3.05, 3.63) is 52.1 Å². The number of halogens is 1. The van der Waals surface area contributed by atoms with Crippen LogP contribution in [0.2, 0.25) is 0 Å². The molecule has 0 saturated carbocycles. The molecule has 21 heavy (non-hydrogen) atoms. The molecular weight excluding hydrogens is 379 g/mol. The fourth-order valence-corrected chi connectivity index (χ4v) is 2.33. The Morgan fingerprint density at radius 1 is 1.19 bits per heavy atom. The topological polar surface area (TPSA) is 64.3 Å². The van der Waals surface area contributed by atoms with Gasteiger partial charge in [0.15, 0.2) is 0 Å². The first kappa shape index (κ1) is 15.6. The summed E-state index contributed by atoms with van der Waals surface area (Å²) in [5, 5.41) is 2.81. The van der Waals surface area contributed by atoms with E-state index in [4.69, 9.17) is 10.5 Å². The monoisotopic (exact) mass is 396 g/mol. The molecule has 0 unspecified atom stereocenters. The van der Waals surface area contributed by atoms with Crippen molar-refractivity contribution in [2.75, 3.05) is 17.7 Å². The largest absolute Gasteiger partial charge is 0.494 e. The van der Waals surface area contributed by atoms with Crippen molar-refractivity contribution in [3.8, 4) is 5.75 Å². The fraction of sp³-hybridized carbons (Fsp3) is 0.188. The molecule has 2 aromatic rings. The number of anilines is 2. The number of nitrogens with one attached hydrogen (secondary N) is 1. The van der Waals surface area contributed by atoms with Crippen molar-refractivity contribution in [1.29, 1.82) is 0 Å². The normalized spacial score (nSPS) is 10.1. The van der Waals surface area contributed by atoms with Crippen molar-refractivity contribution in [3.63, 3.8) is 0 Å².